The number of aromatic nitrogens is 2. The lowest BCUT2D eigenvalue weighted by Gasteiger charge is -2.40. The molecule has 2 heterocycles. The molecule has 0 radical (unpaired) electrons. The summed E-state index contributed by atoms with van der Waals surface area (Å²) in [5, 5.41) is 0. The van der Waals surface area contributed by atoms with E-state index in [2.05, 4.69) is 9.97 Å². The van der Waals surface area contributed by atoms with Crippen LogP contribution in [0.5, 0.6) is 0 Å². The van der Waals surface area contributed by atoms with Gasteiger partial charge in [-0.05, 0) is 55.0 Å². The van der Waals surface area contributed by atoms with Gasteiger partial charge in [0.1, 0.15) is 5.67 Å². The van der Waals surface area contributed by atoms with Crippen LogP contribution in [0.25, 0.3) is 23.0 Å². The highest BCUT2D eigenvalue weighted by Crippen LogP contribution is 2.38. The Kier molecular flexibility index (Phi) is 7.26. The molecule has 1 saturated heterocycles. The summed E-state index contributed by atoms with van der Waals surface area (Å²) in [6.07, 6.45) is -8.04. The third-order valence-electron chi connectivity index (χ3n) is 5.88. The monoisotopic (exact) mass is 588 g/mol. The molecule has 15 heteroatoms. The smallest absolute Gasteiger partial charge is 0.366 e. The molecule has 2 aromatic carbocycles. The van der Waals surface area contributed by atoms with E-state index in [0.29, 0.717) is 12.1 Å². The summed E-state index contributed by atoms with van der Waals surface area (Å²) in [4.78, 5) is 19.8. The molecule has 4 rings (SSSR count). The molecule has 0 bridgehead atoms. The van der Waals surface area contributed by atoms with Gasteiger partial charge in [0, 0.05) is 30.4 Å². The van der Waals surface area contributed by atoms with Crippen molar-refractivity contribution in [1.29, 1.82) is 0 Å². The average Bonchev–Trinajstić information content (AvgIpc) is 2.84. The fourth-order valence-electron chi connectivity index (χ4n) is 3.95. The summed E-state index contributed by atoms with van der Waals surface area (Å²) in [6.45, 7) is 0.545. The third-order valence-corrected chi connectivity index (χ3v) is 7.66. The van der Waals surface area contributed by atoms with Crippen molar-refractivity contribution in [2.24, 2.45) is 5.73 Å². The second kappa shape index (κ2) is 9.96. The van der Waals surface area contributed by atoms with Gasteiger partial charge in [-0.3, -0.25) is 4.79 Å². The van der Waals surface area contributed by atoms with Crippen LogP contribution in [0.1, 0.15) is 29.3 Å². The predicted molar refractivity (Wildman–Crippen MR) is 129 cm³/mol. The minimum absolute atomic E-state index is 0.0238. The number of nitrogens with two attached hydrogens (primary N) is 1. The number of sulfonamides is 1. The Morgan fingerprint density at radius 2 is 1.60 bits per heavy atom. The number of alkyl halides is 7. The topological polar surface area (TPSA) is 106 Å². The zero-order chi connectivity index (χ0) is 29.7. The number of carbonyl (C=O) groups is 1. The maximum Gasteiger partial charge on any atom is 0.416 e. The molecule has 40 heavy (non-hydrogen) atoms. The van der Waals surface area contributed by atoms with Crippen LogP contribution in [0.15, 0.2) is 59.6 Å². The normalized spacial score (nSPS) is 16.4. The van der Waals surface area contributed by atoms with Gasteiger partial charge in [-0.15, -0.1) is 0 Å². The SMILES string of the molecule is CC1(F)CN(S(=O)(=O)c2cccc(/C(=C\c3ccnc(-c4cc(C(F)(F)F)cc(C(F)(F)F)c4)n3)C(N)=O)c2)C1. The molecule has 2 N–H and O–H groups in total. The Morgan fingerprint density at radius 1 is 1.00 bits per heavy atom. The van der Waals surface area contributed by atoms with Crippen molar-refractivity contribution in [3.05, 3.63) is 77.1 Å². The highest BCUT2D eigenvalue weighted by atomic mass is 32.2. The standard InChI is InChI=1S/C25H19F7N4O3S/c1-23(26)12-36(13-23)40(38,39)19-4-2-3-14(9-19)20(21(33)37)11-18-5-6-34-22(35-18)15-7-16(24(27,28)29)10-17(8-15)25(30,31)32/h2-11H,12-13H2,1H3,(H2,33,37)/b20-11+. The van der Waals surface area contributed by atoms with Crippen LogP contribution in [0.4, 0.5) is 30.7 Å². The number of amides is 1. The van der Waals surface area contributed by atoms with E-state index in [4.69, 9.17) is 5.73 Å². The molecule has 7 nitrogen and oxygen atoms in total. The summed E-state index contributed by atoms with van der Waals surface area (Å²) < 4.78 is 120. The number of rotatable bonds is 6. The van der Waals surface area contributed by atoms with Crippen molar-refractivity contribution in [2.75, 3.05) is 13.1 Å². The minimum Gasteiger partial charge on any atom is -0.366 e. The summed E-state index contributed by atoms with van der Waals surface area (Å²) in [7, 11) is -4.10. The number of carbonyl (C=O) groups excluding carboxylic acids is 1. The van der Waals surface area contributed by atoms with Gasteiger partial charge < -0.3 is 5.73 Å². The first-order chi connectivity index (χ1) is 18.4. The van der Waals surface area contributed by atoms with Gasteiger partial charge >= 0.3 is 12.4 Å². The Hall–Kier alpha value is -3.85. The van der Waals surface area contributed by atoms with Gasteiger partial charge in [0.05, 0.1) is 21.7 Å². The van der Waals surface area contributed by atoms with Gasteiger partial charge in [0.15, 0.2) is 5.82 Å². The largest absolute Gasteiger partial charge is 0.416 e. The molecular formula is C25H19F7N4O3S. The Labute approximate surface area is 223 Å². The van der Waals surface area contributed by atoms with E-state index >= 15 is 0 Å². The minimum atomic E-state index is -5.09. The van der Waals surface area contributed by atoms with Crippen molar-refractivity contribution in [1.82, 2.24) is 14.3 Å². The molecule has 0 spiro atoms. The van der Waals surface area contributed by atoms with Crippen molar-refractivity contribution in [3.8, 4) is 11.4 Å². The molecule has 0 atom stereocenters. The van der Waals surface area contributed by atoms with E-state index in [1.54, 1.807) is 0 Å². The van der Waals surface area contributed by atoms with E-state index in [0.717, 1.165) is 22.6 Å². The van der Waals surface area contributed by atoms with Gasteiger partial charge in [0.2, 0.25) is 15.9 Å². The molecule has 212 valence electrons. The predicted octanol–water partition coefficient (Wildman–Crippen LogP) is 4.94. The lowest BCUT2D eigenvalue weighted by atomic mass is 10.0. The van der Waals surface area contributed by atoms with Crippen molar-refractivity contribution in [3.63, 3.8) is 0 Å². The molecule has 3 aromatic rings. The third kappa shape index (κ3) is 6.14. The molecule has 0 saturated carbocycles. The average molecular weight is 589 g/mol. The lowest BCUT2D eigenvalue weighted by Crippen LogP contribution is -2.58. The molecule has 1 aliphatic heterocycles. The molecular weight excluding hydrogens is 569 g/mol. The van der Waals surface area contributed by atoms with Gasteiger partial charge in [-0.1, -0.05) is 12.1 Å². The Bertz CT molecular complexity index is 1580. The van der Waals surface area contributed by atoms with Gasteiger partial charge in [-0.25, -0.2) is 22.8 Å². The molecule has 0 unspecified atom stereocenters. The van der Waals surface area contributed by atoms with Crippen LogP contribution in [0.3, 0.4) is 0 Å². The first kappa shape index (κ1) is 29.1. The maximum atomic E-state index is 13.9. The quantitative estimate of drug-likeness (QED) is 0.325. The second-order valence-electron chi connectivity index (χ2n) is 9.24. The second-order valence-corrected chi connectivity index (χ2v) is 11.2. The molecule has 1 amide bonds. The summed E-state index contributed by atoms with van der Waals surface area (Å²) in [5.74, 6) is -1.54. The Morgan fingerprint density at radius 3 is 2.12 bits per heavy atom. The fraction of sp³-hybridized carbons (Fsp3) is 0.240. The van der Waals surface area contributed by atoms with Crippen molar-refractivity contribution < 1.29 is 43.9 Å². The van der Waals surface area contributed by atoms with E-state index in [9.17, 15) is 43.9 Å². The number of halogens is 7. The first-order valence-corrected chi connectivity index (χ1v) is 12.7. The number of primary amides is 1. The maximum absolute atomic E-state index is 13.9. The fourth-order valence-corrected chi connectivity index (χ4v) is 5.66. The van der Waals surface area contributed by atoms with Crippen LogP contribution in [-0.2, 0) is 27.2 Å². The van der Waals surface area contributed by atoms with Crippen LogP contribution in [0, 0.1) is 0 Å². The molecule has 1 aromatic heterocycles. The van der Waals surface area contributed by atoms with Gasteiger partial charge in [-0.2, -0.15) is 30.6 Å². The first-order valence-electron chi connectivity index (χ1n) is 11.3. The summed E-state index contributed by atoms with van der Waals surface area (Å²) in [6, 6.07) is 7.14. The number of hydrogen-bond acceptors (Lipinski definition) is 5. The summed E-state index contributed by atoms with van der Waals surface area (Å²) in [5.41, 5.74) is -0.253. The Balaban J connectivity index is 1.75. The van der Waals surface area contributed by atoms with Crippen molar-refractivity contribution >= 4 is 27.6 Å². The molecule has 1 fully saturated rings. The van der Waals surface area contributed by atoms with Crippen LogP contribution in [0.2, 0.25) is 0 Å². The number of benzene rings is 2. The van der Waals surface area contributed by atoms with Crippen LogP contribution < -0.4 is 5.73 Å². The van der Waals surface area contributed by atoms with E-state index < -0.39 is 56.5 Å². The van der Waals surface area contributed by atoms with Crippen molar-refractivity contribution in [2.45, 2.75) is 29.8 Å². The number of nitrogens with zero attached hydrogens (tertiary/aromatic N) is 3. The molecule has 1 aliphatic rings. The highest BCUT2D eigenvalue weighted by Gasteiger charge is 2.45. The van der Waals surface area contributed by atoms with E-state index in [1.807, 2.05) is 0 Å². The number of hydrogen-bond donors (Lipinski definition) is 1. The summed E-state index contributed by atoms with van der Waals surface area (Å²) >= 11 is 0. The van der Waals surface area contributed by atoms with Crippen LogP contribution in [-0.4, -0.2) is 47.4 Å². The highest BCUT2D eigenvalue weighted by molar-refractivity contribution is 7.89. The zero-order valence-electron chi connectivity index (χ0n) is 20.4. The van der Waals surface area contributed by atoms with E-state index in [1.165, 1.54) is 31.2 Å². The van der Waals surface area contributed by atoms with E-state index in [-0.39, 0.29) is 40.9 Å². The lowest BCUT2D eigenvalue weighted by molar-refractivity contribution is -0.143. The molecule has 0 aliphatic carbocycles. The zero-order valence-corrected chi connectivity index (χ0v) is 21.2. The van der Waals surface area contributed by atoms with Gasteiger partial charge in [0.25, 0.3) is 0 Å². The van der Waals surface area contributed by atoms with Crippen LogP contribution >= 0.6 is 0 Å².